The van der Waals surface area contributed by atoms with Crippen LogP contribution < -0.4 is 5.56 Å². The molecule has 0 amide bonds. The molecule has 3 heteroatoms. The molecule has 1 heterocycles. The smallest absolute Gasteiger partial charge is 0.250 e. The standard InChI is InChI=1S/C7H8N2O/c1-5-2-6(3-8)4-9-7(5)10/h2-4,8H,1H3,(H,9,10). The maximum atomic E-state index is 10.8. The van der Waals surface area contributed by atoms with E-state index in [-0.39, 0.29) is 5.56 Å². The van der Waals surface area contributed by atoms with Crippen LogP contribution in [0.25, 0.3) is 0 Å². The highest BCUT2D eigenvalue weighted by molar-refractivity contribution is 5.76. The lowest BCUT2D eigenvalue weighted by molar-refractivity contribution is 1.17. The monoisotopic (exact) mass is 136 g/mol. The number of H-pyrrole nitrogens is 1. The number of aryl methyl sites for hydroxylation is 1. The molecule has 1 aromatic rings. The summed E-state index contributed by atoms with van der Waals surface area (Å²) in [6, 6.07) is 1.67. The van der Waals surface area contributed by atoms with Crippen molar-refractivity contribution in [2.24, 2.45) is 0 Å². The SMILES string of the molecule is Cc1cc(C=N)c[nH]c1=O. The van der Waals surface area contributed by atoms with Gasteiger partial charge in [0.25, 0.3) is 5.56 Å². The van der Waals surface area contributed by atoms with Gasteiger partial charge in [-0.3, -0.25) is 4.79 Å². The highest BCUT2D eigenvalue weighted by atomic mass is 16.1. The Labute approximate surface area is 58.2 Å². The summed E-state index contributed by atoms with van der Waals surface area (Å²) in [6.45, 7) is 1.71. The van der Waals surface area contributed by atoms with E-state index in [2.05, 4.69) is 4.98 Å². The Morgan fingerprint density at radius 2 is 2.40 bits per heavy atom. The van der Waals surface area contributed by atoms with Crippen LogP contribution in [0.15, 0.2) is 17.1 Å². The van der Waals surface area contributed by atoms with Gasteiger partial charge in [-0.05, 0) is 13.0 Å². The van der Waals surface area contributed by atoms with E-state index in [0.717, 1.165) is 5.56 Å². The van der Waals surface area contributed by atoms with Gasteiger partial charge in [-0.15, -0.1) is 0 Å². The number of nitrogens with one attached hydrogen (secondary N) is 2. The predicted octanol–water partition coefficient (Wildman–Crippen LogP) is 0.681. The Bertz CT molecular complexity index is 301. The number of hydrogen-bond donors (Lipinski definition) is 2. The molecule has 0 aromatic carbocycles. The van der Waals surface area contributed by atoms with E-state index in [1.807, 2.05) is 0 Å². The quantitative estimate of drug-likeness (QED) is 0.548. The Balaban J connectivity index is 3.29. The van der Waals surface area contributed by atoms with Gasteiger partial charge < -0.3 is 10.4 Å². The summed E-state index contributed by atoms with van der Waals surface area (Å²) in [5.41, 5.74) is 1.27. The van der Waals surface area contributed by atoms with E-state index in [0.29, 0.717) is 5.56 Å². The van der Waals surface area contributed by atoms with Crippen LogP contribution in [-0.2, 0) is 0 Å². The van der Waals surface area contributed by atoms with Crippen molar-refractivity contribution in [1.29, 1.82) is 5.41 Å². The topological polar surface area (TPSA) is 56.7 Å². The fourth-order valence-corrected chi connectivity index (χ4v) is 0.703. The molecule has 0 atom stereocenters. The zero-order valence-electron chi connectivity index (χ0n) is 5.64. The molecule has 10 heavy (non-hydrogen) atoms. The molecule has 0 aliphatic heterocycles. The summed E-state index contributed by atoms with van der Waals surface area (Å²) in [5.74, 6) is 0. The molecular weight excluding hydrogens is 128 g/mol. The van der Waals surface area contributed by atoms with Crippen molar-refractivity contribution in [1.82, 2.24) is 4.98 Å². The van der Waals surface area contributed by atoms with E-state index >= 15 is 0 Å². The van der Waals surface area contributed by atoms with Crippen molar-refractivity contribution in [3.05, 3.63) is 33.7 Å². The normalized spacial score (nSPS) is 9.30. The summed E-state index contributed by atoms with van der Waals surface area (Å²) in [4.78, 5) is 13.3. The van der Waals surface area contributed by atoms with Crippen LogP contribution in [0.1, 0.15) is 11.1 Å². The van der Waals surface area contributed by atoms with Gasteiger partial charge in [-0.1, -0.05) is 0 Å². The summed E-state index contributed by atoms with van der Waals surface area (Å²) in [5, 5.41) is 6.86. The van der Waals surface area contributed by atoms with Crippen molar-refractivity contribution in [3.63, 3.8) is 0 Å². The summed E-state index contributed by atoms with van der Waals surface area (Å²) < 4.78 is 0. The van der Waals surface area contributed by atoms with Crippen LogP contribution in [-0.4, -0.2) is 11.2 Å². The molecule has 0 aliphatic rings. The maximum Gasteiger partial charge on any atom is 0.250 e. The second-order valence-electron chi connectivity index (χ2n) is 2.09. The lowest BCUT2D eigenvalue weighted by Gasteiger charge is -1.91. The second kappa shape index (κ2) is 2.47. The van der Waals surface area contributed by atoms with Gasteiger partial charge in [0, 0.05) is 23.5 Å². The van der Waals surface area contributed by atoms with Gasteiger partial charge in [0.05, 0.1) is 0 Å². The summed E-state index contributed by atoms with van der Waals surface area (Å²) in [6.07, 6.45) is 2.71. The molecule has 0 bridgehead atoms. The average molecular weight is 136 g/mol. The van der Waals surface area contributed by atoms with E-state index in [9.17, 15) is 4.79 Å². The predicted molar refractivity (Wildman–Crippen MR) is 39.7 cm³/mol. The van der Waals surface area contributed by atoms with E-state index in [1.165, 1.54) is 12.4 Å². The first kappa shape index (κ1) is 6.74. The van der Waals surface area contributed by atoms with Crippen LogP contribution >= 0.6 is 0 Å². The Morgan fingerprint density at radius 1 is 1.70 bits per heavy atom. The maximum absolute atomic E-state index is 10.8. The lowest BCUT2D eigenvalue weighted by Crippen LogP contribution is -2.08. The summed E-state index contributed by atoms with van der Waals surface area (Å²) in [7, 11) is 0. The van der Waals surface area contributed by atoms with Crippen LogP contribution in [0, 0.1) is 12.3 Å². The van der Waals surface area contributed by atoms with Crippen LogP contribution in [0.4, 0.5) is 0 Å². The zero-order chi connectivity index (χ0) is 7.56. The first-order chi connectivity index (χ1) is 4.74. The molecule has 0 radical (unpaired) electrons. The molecule has 0 spiro atoms. The first-order valence-electron chi connectivity index (χ1n) is 2.94. The van der Waals surface area contributed by atoms with Crippen molar-refractivity contribution < 1.29 is 0 Å². The van der Waals surface area contributed by atoms with E-state index in [4.69, 9.17) is 5.41 Å². The molecule has 0 aliphatic carbocycles. The molecule has 0 unspecified atom stereocenters. The third kappa shape index (κ3) is 1.13. The van der Waals surface area contributed by atoms with Gasteiger partial charge in [-0.25, -0.2) is 0 Å². The summed E-state index contributed by atoms with van der Waals surface area (Å²) >= 11 is 0. The fraction of sp³-hybridized carbons (Fsp3) is 0.143. The highest BCUT2D eigenvalue weighted by Gasteiger charge is 1.91. The first-order valence-corrected chi connectivity index (χ1v) is 2.94. The van der Waals surface area contributed by atoms with Crippen molar-refractivity contribution in [3.8, 4) is 0 Å². The molecule has 1 rings (SSSR count). The van der Waals surface area contributed by atoms with Crippen LogP contribution in [0.5, 0.6) is 0 Å². The molecule has 0 fully saturated rings. The third-order valence-electron chi connectivity index (χ3n) is 1.28. The number of aromatic amines is 1. The van der Waals surface area contributed by atoms with Gasteiger partial charge >= 0.3 is 0 Å². The molecular formula is C7H8N2O. The largest absolute Gasteiger partial charge is 0.328 e. The van der Waals surface area contributed by atoms with Crippen LogP contribution in [0.3, 0.4) is 0 Å². The fourth-order valence-electron chi connectivity index (χ4n) is 0.703. The van der Waals surface area contributed by atoms with Gasteiger partial charge in [0.2, 0.25) is 0 Å². The van der Waals surface area contributed by atoms with Crippen molar-refractivity contribution in [2.45, 2.75) is 6.92 Å². The number of pyridine rings is 1. The molecule has 0 saturated heterocycles. The van der Waals surface area contributed by atoms with Gasteiger partial charge in [0.15, 0.2) is 0 Å². The Hall–Kier alpha value is -1.38. The van der Waals surface area contributed by atoms with Gasteiger partial charge in [-0.2, -0.15) is 0 Å². The number of aromatic nitrogens is 1. The molecule has 52 valence electrons. The molecule has 2 N–H and O–H groups in total. The van der Waals surface area contributed by atoms with Gasteiger partial charge in [0.1, 0.15) is 0 Å². The number of hydrogen-bond acceptors (Lipinski definition) is 2. The Morgan fingerprint density at radius 3 is 2.90 bits per heavy atom. The second-order valence-corrected chi connectivity index (χ2v) is 2.09. The lowest BCUT2D eigenvalue weighted by atomic mass is 10.2. The third-order valence-corrected chi connectivity index (χ3v) is 1.28. The minimum atomic E-state index is -0.0920. The highest BCUT2D eigenvalue weighted by Crippen LogP contribution is 1.91. The molecule has 1 aromatic heterocycles. The zero-order valence-corrected chi connectivity index (χ0v) is 5.64. The average Bonchev–Trinajstić information content (AvgIpc) is 1.95. The number of rotatable bonds is 1. The minimum absolute atomic E-state index is 0.0920. The molecule has 0 saturated carbocycles. The van der Waals surface area contributed by atoms with Crippen molar-refractivity contribution in [2.75, 3.05) is 0 Å². The van der Waals surface area contributed by atoms with Crippen LogP contribution in [0.2, 0.25) is 0 Å². The Kier molecular flexibility index (Phi) is 1.67. The van der Waals surface area contributed by atoms with E-state index < -0.39 is 0 Å². The van der Waals surface area contributed by atoms with Crippen molar-refractivity contribution >= 4 is 6.21 Å². The molecule has 3 nitrogen and oxygen atoms in total. The van der Waals surface area contributed by atoms with E-state index in [1.54, 1.807) is 13.0 Å². The minimum Gasteiger partial charge on any atom is -0.328 e.